The third-order valence-electron chi connectivity index (χ3n) is 5.24. The van der Waals surface area contributed by atoms with E-state index in [4.69, 9.17) is 4.52 Å². The minimum Gasteiger partial charge on any atom is -0.508 e. The predicted octanol–water partition coefficient (Wildman–Crippen LogP) is 0.845. The highest BCUT2D eigenvalue weighted by Crippen LogP contribution is 2.33. The summed E-state index contributed by atoms with van der Waals surface area (Å²) in [6.45, 7) is 5.38. The van der Waals surface area contributed by atoms with Crippen LogP contribution in [0.2, 0.25) is 0 Å². The first-order valence-corrected chi connectivity index (χ1v) is 9.21. The molecule has 0 spiro atoms. The Balaban J connectivity index is 1.31. The van der Waals surface area contributed by atoms with Crippen LogP contribution >= 0.6 is 0 Å². The first kappa shape index (κ1) is 17.4. The lowest BCUT2D eigenvalue weighted by Gasteiger charge is -2.31. The van der Waals surface area contributed by atoms with Crippen LogP contribution in [0.1, 0.15) is 35.8 Å². The van der Waals surface area contributed by atoms with E-state index < -0.39 is 0 Å². The van der Waals surface area contributed by atoms with Crippen LogP contribution in [0, 0.1) is 0 Å². The van der Waals surface area contributed by atoms with Crippen molar-refractivity contribution in [2.24, 2.45) is 0 Å². The fraction of sp³-hybridized carbons (Fsp3) is 0.556. The second kappa shape index (κ2) is 7.71. The number of aromatic hydroxyl groups is 1. The molecule has 2 aliphatic rings. The summed E-state index contributed by atoms with van der Waals surface area (Å²) in [5.41, 5.74) is 7.28. The monoisotopic (exact) mass is 358 g/mol. The summed E-state index contributed by atoms with van der Waals surface area (Å²) >= 11 is 0. The van der Waals surface area contributed by atoms with E-state index in [0.717, 1.165) is 57.0 Å². The summed E-state index contributed by atoms with van der Waals surface area (Å²) in [7, 11) is 2.16. The van der Waals surface area contributed by atoms with Crippen molar-refractivity contribution in [1.82, 2.24) is 30.8 Å². The van der Waals surface area contributed by atoms with E-state index in [2.05, 4.69) is 37.8 Å². The number of benzene rings is 1. The highest BCUT2D eigenvalue weighted by atomic mass is 16.5. The van der Waals surface area contributed by atoms with Crippen LogP contribution in [0.4, 0.5) is 0 Å². The highest BCUT2D eigenvalue weighted by Gasteiger charge is 2.31. The SMILES string of the molecule is CN1CCN(CCc2noc(C3CC(c4ccccc4O)NN3)n2)CC1. The topological polar surface area (TPSA) is 89.7 Å². The van der Waals surface area contributed by atoms with Gasteiger partial charge in [0.2, 0.25) is 5.89 Å². The van der Waals surface area contributed by atoms with Crippen LogP contribution in [0.25, 0.3) is 0 Å². The number of hydrogen-bond donors (Lipinski definition) is 3. The molecule has 2 fully saturated rings. The van der Waals surface area contributed by atoms with Gasteiger partial charge < -0.3 is 19.4 Å². The number of phenols is 1. The Hall–Kier alpha value is -2.00. The molecule has 8 nitrogen and oxygen atoms in total. The van der Waals surface area contributed by atoms with Gasteiger partial charge in [-0.2, -0.15) is 4.98 Å². The molecule has 0 bridgehead atoms. The molecule has 3 N–H and O–H groups in total. The molecule has 26 heavy (non-hydrogen) atoms. The standard InChI is InChI=1S/C18H26N6O2/c1-23-8-10-24(11-9-23)7-6-17-19-18(26-22-17)15-12-14(20-21-15)13-4-2-3-5-16(13)25/h2-5,14-15,20-21,25H,6-12H2,1H3. The molecule has 8 heteroatoms. The molecule has 2 atom stereocenters. The molecule has 4 rings (SSSR count). The zero-order valence-electron chi connectivity index (χ0n) is 15.1. The predicted molar refractivity (Wildman–Crippen MR) is 96.4 cm³/mol. The number of nitrogens with one attached hydrogen (secondary N) is 2. The van der Waals surface area contributed by atoms with Crippen molar-refractivity contribution in [3.05, 3.63) is 41.5 Å². The van der Waals surface area contributed by atoms with Gasteiger partial charge in [-0.15, -0.1) is 0 Å². The molecule has 2 unspecified atom stereocenters. The van der Waals surface area contributed by atoms with Gasteiger partial charge in [0.15, 0.2) is 5.82 Å². The van der Waals surface area contributed by atoms with Crippen LogP contribution in [0.5, 0.6) is 5.75 Å². The van der Waals surface area contributed by atoms with Gasteiger partial charge in [0.1, 0.15) is 11.8 Å². The van der Waals surface area contributed by atoms with Gasteiger partial charge in [0.25, 0.3) is 0 Å². The third-order valence-corrected chi connectivity index (χ3v) is 5.24. The second-order valence-electron chi connectivity index (χ2n) is 7.13. The summed E-state index contributed by atoms with van der Waals surface area (Å²) in [5, 5.41) is 14.2. The molecule has 3 heterocycles. The van der Waals surface area contributed by atoms with Crippen LogP contribution < -0.4 is 10.9 Å². The van der Waals surface area contributed by atoms with Crippen molar-refractivity contribution >= 4 is 0 Å². The molecule has 0 aliphatic carbocycles. The van der Waals surface area contributed by atoms with Gasteiger partial charge in [-0.1, -0.05) is 23.4 Å². The number of phenolic OH excluding ortho intramolecular Hbond substituents is 1. The molecule has 140 valence electrons. The number of aromatic nitrogens is 2. The summed E-state index contributed by atoms with van der Waals surface area (Å²) in [6.07, 6.45) is 1.55. The van der Waals surface area contributed by atoms with Gasteiger partial charge >= 0.3 is 0 Å². The molecular weight excluding hydrogens is 332 g/mol. The van der Waals surface area contributed by atoms with Crippen LogP contribution in [0.15, 0.2) is 28.8 Å². The van der Waals surface area contributed by atoms with Crippen molar-refractivity contribution in [1.29, 1.82) is 0 Å². The molecule has 2 saturated heterocycles. The van der Waals surface area contributed by atoms with Crippen LogP contribution in [-0.4, -0.2) is 64.8 Å². The number of hydrogen-bond acceptors (Lipinski definition) is 8. The molecular formula is C18H26N6O2. The Kier molecular flexibility index (Phi) is 5.16. The van der Waals surface area contributed by atoms with Crippen molar-refractivity contribution < 1.29 is 9.63 Å². The zero-order chi connectivity index (χ0) is 17.9. The second-order valence-corrected chi connectivity index (χ2v) is 7.13. The fourth-order valence-corrected chi connectivity index (χ4v) is 3.54. The van der Waals surface area contributed by atoms with E-state index >= 15 is 0 Å². The first-order chi connectivity index (χ1) is 12.7. The molecule has 0 amide bonds. The lowest BCUT2D eigenvalue weighted by molar-refractivity contribution is 0.154. The molecule has 2 aromatic rings. The molecule has 1 aromatic heterocycles. The van der Waals surface area contributed by atoms with Crippen molar-refractivity contribution in [3.8, 4) is 5.75 Å². The van der Waals surface area contributed by atoms with Crippen molar-refractivity contribution in [2.75, 3.05) is 39.8 Å². The first-order valence-electron chi connectivity index (χ1n) is 9.21. The number of para-hydroxylation sites is 1. The number of piperazine rings is 1. The minimum atomic E-state index is -0.0514. The van der Waals surface area contributed by atoms with Gasteiger partial charge in [-0.3, -0.25) is 0 Å². The lowest BCUT2D eigenvalue weighted by atomic mass is 10.0. The molecule has 0 radical (unpaired) electrons. The number of nitrogens with zero attached hydrogens (tertiary/aromatic N) is 4. The zero-order valence-corrected chi connectivity index (χ0v) is 15.1. The van der Waals surface area contributed by atoms with E-state index in [-0.39, 0.29) is 12.1 Å². The third kappa shape index (κ3) is 3.88. The smallest absolute Gasteiger partial charge is 0.245 e. The van der Waals surface area contributed by atoms with Crippen LogP contribution in [0.3, 0.4) is 0 Å². The maximum atomic E-state index is 10.0. The van der Waals surface area contributed by atoms with Gasteiger partial charge in [0, 0.05) is 44.7 Å². The average molecular weight is 358 g/mol. The summed E-state index contributed by atoms with van der Waals surface area (Å²) in [5.74, 6) is 1.65. The van der Waals surface area contributed by atoms with E-state index in [1.165, 1.54) is 0 Å². The van der Waals surface area contributed by atoms with Gasteiger partial charge in [-0.05, 0) is 19.5 Å². The Bertz CT molecular complexity index is 728. The quantitative estimate of drug-likeness (QED) is 0.725. The molecule has 1 aromatic carbocycles. The Morgan fingerprint density at radius 3 is 2.73 bits per heavy atom. The lowest BCUT2D eigenvalue weighted by Crippen LogP contribution is -2.45. The van der Waals surface area contributed by atoms with Gasteiger partial charge in [-0.25, -0.2) is 10.9 Å². The molecule has 0 saturated carbocycles. The van der Waals surface area contributed by atoms with E-state index in [1.54, 1.807) is 6.07 Å². The maximum Gasteiger partial charge on any atom is 0.245 e. The average Bonchev–Trinajstić information content (AvgIpc) is 3.31. The fourth-order valence-electron chi connectivity index (χ4n) is 3.54. The summed E-state index contributed by atoms with van der Waals surface area (Å²) < 4.78 is 5.47. The summed E-state index contributed by atoms with van der Waals surface area (Å²) in [4.78, 5) is 9.36. The van der Waals surface area contributed by atoms with Crippen LogP contribution in [-0.2, 0) is 6.42 Å². The molecule has 2 aliphatic heterocycles. The largest absolute Gasteiger partial charge is 0.508 e. The van der Waals surface area contributed by atoms with Crippen molar-refractivity contribution in [2.45, 2.75) is 24.9 Å². The Morgan fingerprint density at radius 2 is 1.92 bits per heavy atom. The number of rotatable bonds is 5. The minimum absolute atomic E-state index is 0.0156. The summed E-state index contributed by atoms with van der Waals surface area (Å²) in [6, 6.07) is 7.34. The number of likely N-dealkylation sites (N-methyl/N-ethyl adjacent to an activating group) is 1. The Morgan fingerprint density at radius 1 is 1.15 bits per heavy atom. The van der Waals surface area contributed by atoms with E-state index in [0.29, 0.717) is 11.6 Å². The number of hydrazine groups is 1. The maximum absolute atomic E-state index is 10.0. The Labute approximate surface area is 153 Å². The normalized spacial score (nSPS) is 25.0. The van der Waals surface area contributed by atoms with Gasteiger partial charge in [0.05, 0.1) is 6.04 Å². The van der Waals surface area contributed by atoms with E-state index in [1.807, 2.05) is 18.2 Å². The van der Waals surface area contributed by atoms with E-state index in [9.17, 15) is 5.11 Å². The highest BCUT2D eigenvalue weighted by molar-refractivity contribution is 5.35. The van der Waals surface area contributed by atoms with Crippen molar-refractivity contribution in [3.63, 3.8) is 0 Å².